The van der Waals surface area contributed by atoms with E-state index in [2.05, 4.69) is 9.88 Å². The predicted molar refractivity (Wildman–Crippen MR) is 120 cm³/mol. The van der Waals surface area contributed by atoms with Crippen LogP contribution < -0.4 is 14.4 Å². The van der Waals surface area contributed by atoms with Gasteiger partial charge in [0.15, 0.2) is 11.5 Å². The third kappa shape index (κ3) is 4.34. The van der Waals surface area contributed by atoms with Gasteiger partial charge in [0, 0.05) is 37.4 Å². The number of nitrogens with zero attached hydrogens (tertiary/aromatic N) is 3. The zero-order valence-electron chi connectivity index (χ0n) is 17.7. The van der Waals surface area contributed by atoms with E-state index in [1.807, 2.05) is 30.0 Å². The quantitative estimate of drug-likeness (QED) is 0.593. The van der Waals surface area contributed by atoms with E-state index >= 15 is 0 Å². The van der Waals surface area contributed by atoms with Crippen LogP contribution >= 0.6 is 11.3 Å². The second-order valence-corrected chi connectivity index (χ2v) is 8.26. The first kappa shape index (κ1) is 21.1. The maximum atomic E-state index is 13.2. The van der Waals surface area contributed by atoms with E-state index in [0.717, 1.165) is 22.0 Å². The smallest absolute Gasteiger partial charge is 0.265 e. The highest BCUT2D eigenvalue weighted by molar-refractivity contribution is 7.17. The molecular formula is C23H24FN3O3S. The van der Waals surface area contributed by atoms with E-state index in [1.54, 1.807) is 26.4 Å². The van der Waals surface area contributed by atoms with E-state index in [0.29, 0.717) is 42.6 Å². The Morgan fingerprint density at radius 1 is 1.00 bits per heavy atom. The van der Waals surface area contributed by atoms with Crippen molar-refractivity contribution in [1.82, 2.24) is 9.88 Å². The molecular weight excluding hydrogens is 417 g/mol. The lowest BCUT2D eigenvalue weighted by molar-refractivity contribution is 0.0750. The lowest BCUT2D eigenvalue weighted by Gasteiger charge is -2.36. The molecule has 0 bridgehead atoms. The highest BCUT2D eigenvalue weighted by atomic mass is 32.1. The third-order valence-electron chi connectivity index (χ3n) is 5.38. The van der Waals surface area contributed by atoms with Crippen molar-refractivity contribution in [2.75, 3.05) is 45.3 Å². The van der Waals surface area contributed by atoms with Gasteiger partial charge in [-0.2, -0.15) is 0 Å². The molecule has 4 rings (SSSR count). The SMILES string of the molecule is COc1ccc(-c2nc(C)c(C(=O)N3CCN(c4ccc(F)cc4)CC3)s2)cc1OC. The number of thiazole rings is 1. The maximum absolute atomic E-state index is 13.2. The summed E-state index contributed by atoms with van der Waals surface area (Å²) in [6, 6.07) is 12.1. The van der Waals surface area contributed by atoms with Gasteiger partial charge in [0.05, 0.1) is 19.9 Å². The van der Waals surface area contributed by atoms with Gasteiger partial charge >= 0.3 is 0 Å². The molecule has 1 aliphatic heterocycles. The number of benzene rings is 2. The van der Waals surface area contributed by atoms with Crippen LogP contribution in [0.25, 0.3) is 10.6 Å². The highest BCUT2D eigenvalue weighted by Gasteiger charge is 2.26. The second kappa shape index (κ2) is 8.93. The fourth-order valence-electron chi connectivity index (χ4n) is 3.65. The molecule has 0 radical (unpaired) electrons. The highest BCUT2D eigenvalue weighted by Crippen LogP contribution is 2.35. The summed E-state index contributed by atoms with van der Waals surface area (Å²) in [6.45, 7) is 4.50. The van der Waals surface area contributed by atoms with Gasteiger partial charge in [-0.05, 0) is 49.4 Å². The van der Waals surface area contributed by atoms with Crippen LogP contribution in [0.3, 0.4) is 0 Å². The number of aryl methyl sites for hydroxylation is 1. The largest absolute Gasteiger partial charge is 0.493 e. The number of aromatic nitrogens is 1. The first-order valence-corrected chi connectivity index (χ1v) is 10.8. The normalized spacial score (nSPS) is 13.9. The number of carbonyl (C=O) groups is 1. The molecule has 31 heavy (non-hydrogen) atoms. The summed E-state index contributed by atoms with van der Waals surface area (Å²) in [7, 11) is 3.19. The number of carbonyl (C=O) groups excluding carboxylic acids is 1. The van der Waals surface area contributed by atoms with Crippen molar-refractivity contribution in [3.63, 3.8) is 0 Å². The Hall–Kier alpha value is -3.13. The average Bonchev–Trinajstić information content (AvgIpc) is 3.20. The van der Waals surface area contributed by atoms with Crippen molar-refractivity contribution in [3.8, 4) is 22.1 Å². The Morgan fingerprint density at radius 2 is 1.68 bits per heavy atom. The molecule has 1 fully saturated rings. The number of hydrogen-bond acceptors (Lipinski definition) is 6. The molecule has 1 saturated heterocycles. The lowest BCUT2D eigenvalue weighted by Crippen LogP contribution is -2.48. The summed E-state index contributed by atoms with van der Waals surface area (Å²) in [6.07, 6.45) is 0. The zero-order chi connectivity index (χ0) is 22.0. The topological polar surface area (TPSA) is 54.9 Å². The monoisotopic (exact) mass is 441 g/mol. The van der Waals surface area contributed by atoms with Crippen LogP contribution in [-0.2, 0) is 0 Å². The second-order valence-electron chi connectivity index (χ2n) is 7.26. The molecule has 162 valence electrons. The number of ether oxygens (including phenoxy) is 2. The number of rotatable bonds is 5. The maximum Gasteiger partial charge on any atom is 0.265 e. The minimum Gasteiger partial charge on any atom is -0.493 e. The Balaban J connectivity index is 1.48. The van der Waals surface area contributed by atoms with Gasteiger partial charge in [0.25, 0.3) is 5.91 Å². The van der Waals surface area contributed by atoms with Gasteiger partial charge in [-0.3, -0.25) is 4.79 Å². The van der Waals surface area contributed by atoms with Crippen LogP contribution in [0.2, 0.25) is 0 Å². The summed E-state index contributed by atoms with van der Waals surface area (Å²) < 4.78 is 23.8. The number of amides is 1. The lowest BCUT2D eigenvalue weighted by atomic mass is 10.2. The Labute approximate surface area is 184 Å². The fraction of sp³-hybridized carbons (Fsp3) is 0.304. The van der Waals surface area contributed by atoms with Gasteiger partial charge in [0.1, 0.15) is 15.7 Å². The minimum atomic E-state index is -0.247. The molecule has 3 aromatic rings. The molecule has 0 atom stereocenters. The van der Waals surface area contributed by atoms with Crippen LogP contribution in [0.15, 0.2) is 42.5 Å². The fourth-order valence-corrected chi connectivity index (χ4v) is 4.68. The summed E-state index contributed by atoms with van der Waals surface area (Å²) in [4.78, 5) is 22.5. The molecule has 0 saturated carbocycles. The predicted octanol–water partition coefficient (Wildman–Crippen LogP) is 4.24. The molecule has 2 aromatic carbocycles. The number of piperazine rings is 1. The number of halogens is 1. The molecule has 0 unspecified atom stereocenters. The van der Waals surface area contributed by atoms with Gasteiger partial charge in [0.2, 0.25) is 0 Å². The van der Waals surface area contributed by atoms with Crippen LogP contribution in [0, 0.1) is 12.7 Å². The Bertz CT molecular complexity index is 1080. The summed E-state index contributed by atoms with van der Waals surface area (Å²) in [5.74, 6) is 1.02. The zero-order valence-corrected chi connectivity index (χ0v) is 18.5. The van der Waals surface area contributed by atoms with Crippen LogP contribution in [-0.4, -0.2) is 56.2 Å². The molecule has 0 spiro atoms. The number of hydrogen-bond donors (Lipinski definition) is 0. The summed E-state index contributed by atoms with van der Waals surface area (Å²) in [5.41, 5.74) is 2.57. The molecule has 1 aromatic heterocycles. The summed E-state index contributed by atoms with van der Waals surface area (Å²) >= 11 is 1.39. The van der Waals surface area contributed by atoms with Crippen molar-refractivity contribution in [2.24, 2.45) is 0 Å². The first-order chi connectivity index (χ1) is 15.0. The van der Waals surface area contributed by atoms with E-state index in [1.165, 1.54) is 23.5 Å². The van der Waals surface area contributed by atoms with E-state index in [-0.39, 0.29) is 11.7 Å². The molecule has 8 heteroatoms. The van der Waals surface area contributed by atoms with Crippen molar-refractivity contribution in [2.45, 2.75) is 6.92 Å². The Kier molecular flexibility index (Phi) is 6.08. The molecule has 2 heterocycles. The van der Waals surface area contributed by atoms with Crippen molar-refractivity contribution < 1.29 is 18.7 Å². The van der Waals surface area contributed by atoms with Crippen molar-refractivity contribution >= 4 is 22.9 Å². The van der Waals surface area contributed by atoms with E-state index < -0.39 is 0 Å². The van der Waals surface area contributed by atoms with Crippen molar-refractivity contribution in [1.29, 1.82) is 0 Å². The van der Waals surface area contributed by atoms with E-state index in [4.69, 9.17) is 9.47 Å². The average molecular weight is 442 g/mol. The van der Waals surface area contributed by atoms with Crippen LogP contribution in [0.1, 0.15) is 15.4 Å². The van der Waals surface area contributed by atoms with Gasteiger partial charge < -0.3 is 19.3 Å². The van der Waals surface area contributed by atoms with Gasteiger partial charge in [-0.1, -0.05) is 0 Å². The molecule has 1 amide bonds. The minimum absolute atomic E-state index is 0.000447. The summed E-state index contributed by atoms with van der Waals surface area (Å²) in [5, 5.41) is 0.770. The number of anilines is 1. The van der Waals surface area contributed by atoms with E-state index in [9.17, 15) is 9.18 Å². The third-order valence-corrected chi connectivity index (χ3v) is 6.57. The molecule has 6 nitrogen and oxygen atoms in total. The standard InChI is InChI=1S/C23H24FN3O3S/c1-15-21(31-22(25-15)16-4-9-19(29-2)20(14-16)30-3)23(28)27-12-10-26(11-13-27)18-7-5-17(24)6-8-18/h4-9,14H,10-13H2,1-3H3. The van der Waals surface area contributed by atoms with Crippen LogP contribution in [0.5, 0.6) is 11.5 Å². The molecule has 0 N–H and O–H groups in total. The molecule has 1 aliphatic rings. The van der Waals surface area contributed by atoms with Gasteiger partial charge in [-0.25, -0.2) is 9.37 Å². The Morgan fingerprint density at radius 3 is 2.32 bits per heavy atom. The van der Waals surface area contributed by atoms with Gasteiger partial charge in [-0.15, -0.1) is 11.3 Å². The number of methoxy groups -OCH3 is 2. The molecule has 0 aliphatic carbocycles. The van der Waals surface area contributed by atoms with Crippen molar-refractivity contribution in [3.05, 3.63) is 58.9 Å². The van der Waals surface area contributed by atoms with Crippen LogP contribution in [0.4, 0.5) is 10.1 Å². The first-order valence-electron chi connectivity index (χ1n) is 9.99.